The van der Waals surface area contributed by atoms with Gasteiger partial charge in [0.25, 0.3) is 0 Å². The summed E-state index contributed by atoms with van der Waals surface area (Å²) in [4.78, 5) is 12.8. The van der Waals surface area contributed by atoms with E-state index in [1.54, 1.807) is 18.2 Å². The van der Waals surface area contributed by atoms with Crippen LogP contribution >= 0.6 is 23.4 Å². The molecule has 0 N–H and O–H groups in total. The maximum atomic E-state index is 12.8. The summed E-state index contributed by atoms with van der Waals surface area (Å²) in [5.41, 5.74) is -0.863. The van der Waals surface area contributed by atoms with Crippen molar-refractivity contribution >= 4 is 29.3 Å². The van der Waals surface area contributed by atoms with Gasteiger partial charge in [-0.25, -0.2) is 4.79 Å². The molecule has 0 fully saturated rings. The Kier molecular flexibility index (Phi) is 8.73. The van der Waals surface area contributed by atoms with Gasteiger partial charge in [-0.05, 0) is 49.4 Å². The number of thioether (sulfide) groups is 1. The molecule has 0 saturated carbocycles. The second kappa shape index (κ2) is 10.8. The van der Waals surface area contributed by atoms with Gasteiger partial charge in [0.1, 0.15) is 17.2 Å². The van der Waals surface area contributed by atoms with E-state index >= 15 is 0 Å². The van der Waals surface area contributed by atoms with Gasteiger partial charge >= 0.3 is 12.1 Å². The summed E-state index contributed by atoms with van der Waals surface area (Å²) in [5, 5.41) is -0.170. The van der Waals surface area contributed by atoms with Crippen molar-refractivity contribution in [1.29, 1.82) is 0 Å². The van der Waals surface area contributed by atoms with Crippen molar-refractivity contribution in [3.8, 4) is 17.2 Å². The molecule has 2 aromatic rings. The molecular weight excluding hydrogens is 441 g/mol. The van der Waals surface area contributed by atoms with Gasteiger partial charge in [0, 0.05) is 11.0 Å². The summed E-state index contributed by atoms with van der Waals surface area (Å²) in [6.45, 7) is 2.00. The lowest BCUT2D eigenvalue weighted by Crippen LogP contribution is -2.28. The van der Waals surface area contributed by atoms with Crippen LogP contribution in [0.15, 0.2) is 41.3 Å². The van der Waals surface area contributed by atoms with Crippen LogP contribution in [-0.2, 0) is 15.7 Å². The molecular formula is C21H22ClF3O4S. The molecule has 164 valence electrons. The number of ether oxygens (including phenoxy) is 3. The number of esters is 1. The summed E-state index contributed by atoms with van der Waals surface area (Å²) in [7, 11) is 1.30. The SMILES string of the molecule is CCCCC(Oc1cc(Oc2ccc(C(F)(F)F)cc2Cl)ccc1SC)C(=O)OC. The minimum absolute atomic E-state index is 0.0722. The summed E-state index contributed by atoms with van der Waals surface area (Å²) < 4.78 is 54.8. The normalized spacial score (nSPS) is 12.4. The van der Waals surface area contributed by atoms with E-state index < -0.39 is 23.8 Å². The largest absolute Gasteiger partial charge is 0.477 e. The molecule has 0 saturated heterocycles. The molecule has 0 radical (unpaired) electrons. The summed E-state index contributed by atoms with van der Waals surface area (Å²) >= 11 is 7.38. The maximum absolute atomic E-state index is 12.8. The average molecular weight is 463 g/mol. The van der Waals surface area contributed by atoms with Crippen LogP contribution in [0.25, 0.3) is 0 Å². The minimum atomic E-state index is -4.50. The third-order valence-electron chi connectivity index (χ3n) is 4.18. The highest BCUT2D eigenvalue weighted by Gasteiger charge is 2.31. The Bertz CT molecular complexity index is 874. The number of benzene rings is 2. The Morgan fingerprint density at radius 2 is 1.90 bits per heavy atom. The monoisotopic (exact) mass is 462 g/mol. The van der Waals surface area contributed by atoms with Gasteiger partial charge in [-0.2, -0.15) is 13.2 Å². The molecule has 4 nitrogen and oxygen atoms in total. The van der Waals surface area contributed by atoms with Gasteiger partial charge < -0.3 is 14.2 Å². The highest BCUT2D eigenvalue weighted by atomic mass is 35.5. The van der Waals surface area contributed by atoms with Gasteiger partial charge in [-0.1, -0.05) is 24.9 Å². The fourth-order valence-electron chi connectivity index (χ4n) is 2.60. The quantitative estimate of drug-likeness (QED) is 0.297. The zero-order valence-electron chi connectivity index (χ0n) is 16.7. The number of hydrogen-bond acceptors (Lipinski definition) is 5. The van der Waals surface area contributed by atoms with E-state index in [1.165, 1.54) is 18.9 Å². The fraction of sp³-hybridized carbons (Fsp3) is 0.381. The zero-order valence-corrected chi connectivity index (χ0v) is 18.3. The molecule has 0 amide bonds. The minimum Gasteiger partial charge on any atom is -0.477 e. The van der Waals surface area contributed by atoms with Gasteiger partial charge in [0.2, 0.25) is 0 Å². The first kappa shape index (κ1) is 24.2. The maximum Gasteiger partial charge on any atom is 0.416 e. The molecule has 0 aliphatic rings. The lowest BCUT2D eigenvalue weighted by atomic mass is 10.1. The van der Waals surface area contributed by atoms with Crippen molar-refractivity contribution in [2.45, 2.75) is 43.4 Å². The first-order chi connectivity index (χ1) is 14.2. The molecule has 0 bridgehead atoms. The van der Waals surface area contributed by atoms with E-state index in [0.29, 0.717) is 17.9 Å². The highest BCUT2D eigenvalue weighted by molar-refractivity contribution is 7.98. The lowest BCUT2D eigenvalue weighted by Gasteiger charge is -2.19. The molecule has 0 spiro atoms. The molecule has 2 rings (SSSR count). The standard InChI is InChI=1S/C21H22ClF3O4S/c1-4-5-6-17(20(26)27-2)29-18-12-14(8-10-19(18)30-3)28-16-9-7-13(11-15(16)22)21(23,24)25/h7-12,17H,4-6H2,1-3H3. The Labute approximate surface area is 182 Å². The molecule has 2 aromatic carbocycles. The molecule has 9 heteroatoms. The van der Waals surface area contributed by atoms with E-state index in [4.69, 9.17) is 25.8 Å². The van der Waals surface area contributed by atoms with Crippen LogP contribution in [0.5, 0.6) is 17.2 Å². The van der Waals surface area contributed by atoms with E-state index in [0.717, 1.165) is 35.9 Å². The third-order valence-corrected chi connectivity index (χ3v) is 5.25. The van der Waals surface area contributed by atoms with Gasteiger partial charge in [-0.3, -0.25) is 0 Å². The average Bonchev–Trinajstić information content (AvgIpc) is 2.71. The summed E-state index contributed by atoms with van der Waals surface area (Å²) in [6.07, 6.45) is -1.25. The van der Waals surface area contributed by atoms with Crippen molar-refractivity contribution in [1.82, 2.24) is 0 Å². The van der Waals surface area contributed by atoms with E-state index in [-0.39, 0.29) is 10.8 Å². The van der Waals surface area contributed by atoms with Crippen LogP contribution in [0.2, 0.25) is 5.02 Å². The number of unbranched alkanes of at least 4 members (excludes halogenated alkanes) is 1. The number of hydrogen-bond donors (Lipinski definition) is 0. The predicted molar refractivity (Wildman–Crippen MR) is 111 cm³/mol. The highest BCUT2D eigenvalue weighted by Crippen LogP contribution is 2.38. The van der Waals surface area contributed by atoms with Gasteiger partial charge in [-0.15, -0.1) is 11.8 Å². The molecule has 0 aliphatic carbocycles. The molecule has 0 aliphatic heterocycles. The van der Waals surface area contributed by atoms with Crippen LogP contribution in [0.1, 0.15) is 31.7 Å². The Morgan fingerprint density at radius 1 is 1.17 bits per heavy atom. The van der Waals surface area contributed by atoms with E-state index in [9.17, 15) is 18.0 Å². The Morgan fingerprint density at radius 3 is 2.47 bits per heavy atom. The molecule has 30 heavy (non-hydrogen) atoms. The number of methoxy groups -OCH3 is 1. The zero-order chi connectivity index (χ0) is 22.3. The molecule has 0 aromatic heterocycles. The van der Waals surface area contributed by atoms with Crippen molar-refractivity contribution in [3.63, 3.8) is 0 Å². The van der Waals surface area contributed by atoms with Crippen molar-refractivity contribution in [3.05, 3.63) is 47.0 Å². The van der Waals surface area contributed by atoms with Crippen LogP contribution in [0.4, 0.5) is 13.2 Å². The first-order valence-corrected chi connectivity index (χ1v) is 10.8. The summed E-state index contributed by atoms with van der Waals surface area (Å²) in [5.74, 6) is 0.314. The van der Waals surface area contributed by atoms with Crippen LogP contribution in [-0.4, -0.2) is 25.4 Å². The lowest BCUT2D eigenvalue weighted by molar-refractivity contribution is -0.149. The number of carbonyl (C=O) groups is 1. The topological polar surface area (TPSA) is 44.8 Å². The predicted octanol–water partition coefficient (Wildman–Crippen LogP) is 6.98. The smallest absolute Gasteiger partial charge is 0.416 e. The second-order valence-electron chi connectivity index (χ2n) is 6.33. The van der Waals surface area contributed by atoms with Crippen LogP contribution in [0.3, 0.4) is 0 Å². The van der Waals surface area contributed by atoms with Crippen molar-refractivity contribution in [2.75, 3.05) is 13.4 Å². The molecule has 1 atom stereocenters. The number of rotatable bonds is 9. The number of halogens is 4. The van der Waals surface area contributed by atoms with Gasteiger partial charge in [0.15, 0.2) is 6.10 Å². The molecule has 1 unspecified atom stereocenters. The van der Waals surface area contributed by atoms with E-state index in [1.807, 2.05) is 13.2 Å². The number of carbonyl (C=O) groups excluding carboxylic acids is 1. The number of alkyl halides is 3. The van der Waals surface area contributed by atoms with Crippen LogP contribution in [0, 0.1) is 0 Å². The van der Waals surface area contributed by atoms with Crippen molar-refractivity contribution in [2.24, 2.45) is 0 Å². The van der Waals surface area contributed by atoms with Crippen LogP contribution < -0.4 is 9.47 Å². The fourth-order valence-corrected chi connectivity index (χ4v) is 3.33. The van der Waals surface area contributed by atoms with E-state index in [2.05, 4.69) is 0 Å². The molecule has 0 heterocycles. The Hall–Kier alpha value is -2.06. The Balaban J connectivity index is 2.28. The van der Waals surface area contributed by atoms with Crippen molar-refractivity contribution < 1.29 is 32.2 Å². The third kappa shape index (κ3) is 6.47. The summed E-state index contributed by atoms with van der Waals surface area (Å²) in [6, 6.07) is 7.82. The first-order valence-electron chi connectivity index (χ1n) is 9.16. The van der Waals surface area contributed by atoms with Gasteiger partial charge in [0.05, 0.1) is 17.7 Å². The second-order valence-corrected chi connectivity index (χ2v) is 7.58.